The summed E-state index contributed by atoms with van der Waals surface area (Å²) >= 11 is 1.09. The summed E-state index contributed by atoms with van der Waals surface area (Å²) in [6.07, 6.45) is -4.79. The molecule has 0 atom stereocenters. The van der Waals surface area contributed by atoms with Gasteiger partial charge in [0.1, 0.15) is 11.6 Å². The van der Waals surface area contributed by atoms with E-state index >= 15 is 0 Å². The molecule has 2 aromatic carbocycles. The summed E-state index contributed by atoms with van der Waals surface area (Å²) in [5.41, 5.74) is 1.18. The number of carbonyl (C=O) groups is 1. The van der Waals surface area contributed by atoms with Crippen LogP contribution in [0.3, 0.4) is 0 Å². The summed E-state index contributed by atoms with van der Waals surface area (Å²) < 4.78 is 54.9. The third-order valence-corrected chi connectivity index (χ3v) is 5.23. The summed E-state index contributed by atoms with van der Waals surface area (Å²) in [6, 6.07) is 9.16. The number of anilines is 1. The van der Waals surface area contributed by atoms with E-state index in [0.29, 0.717) is 28.4 Å². The number of carbonyl (C=O) groups excluding carboxylic acids is 1. The van der Waals surface area contributed by atoms with Gasteiger partial charge in [-0.05, 0) is 43.9 Å². The highest BCUT2D eigenvalue weighted by atomic mass is 32.1. The molecule has 0 aliphatic carbocycles. The molecule has 1 aromatic heterocycles. The number of nitrogens with zero attached hydrogens (tertiary/aromatic N) is 3. The minimum atomic E-state index is -4.79. The van der Waals surface area contributed by atoms with E-state index in [1.807, 2.05) is 19.0 Å². The lowest BCUT2D eigenvalue weighted by molar-refractivity contribution is -0.274. The van der Waals surface area contributed by atoms with Crippen LogP contribution in [-0.2, 0) is 6.54 Å². The van der Waals surface area contributed by atoms with Gasteiger partial charge >= 0.3 is 12.4 Å². The molecular weight excluding hydrogens is 436 g/mol. The van der Waals surface area contributed by atoms with Gasteiger partial charge in [0.25, 0.3) is 0 Å². The second-order valence-electron chi connectivity index (χ2n) is 6.91. The lowest BCUT2D eigenvalue weighted by Crippen LogP contribution is -2.43. The average Bonchev–Trinajstić information content (AvgIpc) is 3.09. The molecule has 31 heavy (non-hydrogen) atoms. The molecule has 6 nitrogen and oxygen atoms in total. The number of urea groups is 1. The number of ether oxygens (including phenoxy) is 1. The molecule has 0 aliphatic heterocycles. The molecule has 0 fully saturated rings. The largest absolute Gasteiger partial charge is 0.573 e. The fourth-order valence-corrected chi connectivity index (χ4v) is 3.68. The zero-order valence-electron chi connectivity index (χ0n) is 16.7. The lowest BCUT2D eigenvalue weighted by atomic mass is 10.2. The molecule has 11 heteroatoms. The second-order valence-corrected chi connectivity index (χ2v) is 7.92. The second kappa shape index (κ2) is 9.48. The standard InChI is InChI=1S/C20H20F4N4O2S/c1-27(2)9-10-28(18(29)25-12-13-3-5-14(21)6-4-13)19-26-16-8-7-15(11-17(16)31-19)30-20(22,23)24/h3-8,11H,9-10,12H2,1-2H3,(H,25,29). The van der Waals surface area contributed by atoms with Crippen LogP contribution in [0.2, 0.25) is 0 Å². The first-order chi connectivity index (χ1) is 14.6. The maximum absolute atomic E-state index is 13.1. The molecule has 0 bridgehead atoms. The number of benzene rings is 2. The normalized spacial score (nSPS) is 11.7. The van der Waals surface area contributed by atoms with Crippen LogP contribution in [0.15, 0.2) is 42.5 Å². The van der Waals surface area contributed by atoms with Crippen LogP contribution in [0.1, 0.15) is 5.56 Å². The lowest BCUT2D eigenvalue weighted by Gasteiger charge is -2.22. The summed E-state index contributed by atoms with van der Waals surface area (Å²) in [5, 5.41) is 3.11. The van der Waals surface area contributed by atoms with E-state index in [0.717, 1.165) is 16.9 Å². The van der Waals surface area contributed by atoms with Crippen molar-refractivity contribution in [3.63, 3.8) is 0 Å². The van der Waals surface area contributed by atoms with Gasteiger partial charge in [0, 0.05) is 25.7 Å². The molecule has 0 aliphatic rings. The Hall–Kier alpha value is -2.92. The predicted octanol–water partition coefficient (Wildman–Crippen LogP) is 4.61. The molecule has 166 valence electrons. The third kappa shape index (κ3) is 6.53. The smallest absolute Gasteiger partial charge is 0.406 e. The summed E-state index contributed by atoms with van der Waals surface area (Å²) in [5.74, 6) is -0.721. The highest BCUT2D eigenvalue weighted by Gasteiger charge is 2.31. The topological polar surface area (TPSA) is 57.7 Å². The Morgan fingerprint density at radius 1 is 1.13 bits per heavy atom. The highest BCUT2D eigenvalue weighted by molar-refractivity contribution is 7.22. The first kappa shape index (κ1) is 22.8. The first-order valence-corrected chi connectivity index (χ1v) is 10.0. The van der Waals surface area contributed by atoms with Gasteiger partial charge in [0.15, 0.2) is 5.13 Å². The predicted molar refractivity (Wildman–Crippen MR) is 111 cm³/mol. The summed E-state index contributed by atoms with van der Waals surface area (Å²) in [6.45, 7) is 1.04. The molecule has 0 unspecified atom stereocenters. The fourth-order valence-electron chi connectivity index (χ4n) is 2.66. The van der Waals surface area contributed by atoms with Gasteiger partial charge in [0.05, 0.1) is 10.2 Å². The molecule has 0 radical (unpaired) electrons. The Bertz CT molecular complexity index is 1040. The maximum atomic E-state index is 13.1. The Kier molecular flexibility index (Phi) is 6.96. The number of likely N-dealkylation sites (N-methyl/N-ethyl adjacent to an activating group) is 1. The van der Waals surface area contributed by atoms with Crippen LogP contribution in [0, 0.1) is 5.82 Å². The molecular formula is C20H20F4N4O2S. The number of hydrogen-bond donors (Lipinski definition) is 1. The van der Waals surface area contributed by atoms with E-state index in [2.05, 4.69) is 15.0 Å². The van der Waals surface area contributed by atoms with E-state index in [9.17, 15) is 22.4 Å². The van der Waals surface area contributed by atoms with E-state index in [-0.39, 0.29) is 18.1 Å². The first-order valence-electron chi connectivity index (χ1n) is 9.21. The molecule has 0 spiro atoms. The van der Waals surface area contributed by atoms with Crippen molar-refractivity contribution in [2.24, 2.45) is 0 Å². The summed E-state index contributed by atoms with van der Waals surface area (Å²) in [4.78, 5) is 20.6. The van der Waals surface area contributed by atoms with Gasteiger partial charge < -0.3 is 15.0 Å². The number of amides is 2. The van der Waals surface area contributed by atoms with E-state index in [1.165, 1.54) is 35.2 Å². The number of fused-ring (bicyclic) bond motifs is 1. The number of rotatable bonds is 7. The van der Waals surface area contributed by atoms with Crippen LogP contribution >= 0.6 is 11.3 Å². The molecule has 3 aromatic rings. The van der Waals surface area contributed by atoms with Crippen LogP contribution in [0.25, 0.3) is 10.2 Å². The van der Waals surface area contributed by atoms with Crippen molar-refractivity contribution in [3.8, 4) is 5.75 Å². The zero-order valence-corrected chi connectivity index (χ0v) is 17.6. The van der Waals surface area contributed by atoms with Crippen LogP contribution in [-0.4, -0.2) is 49.5 Å². The fraction of sp³-hybridized carbons (Fsp3) is 0.300. The molecule has 3 rings (SSSR count). The Balaban J connectivity index is 1.80. The van der Waals surface area contributed by atoms with Gasteiger partial charge in [-0.1, -0.05) is 23.5 Å². The molecule has 0 saturated carbocycles. The number of thiazole rings is 1. The molecule has 1 heterocycles. The van der Waals surface area contributed by atoms with Crippen LogP contribution in [0.5, 0.6) is 5.75 Å². The van der Waals surface area contributed by atoms with E-state index in [1.54, 1.807) is 12.1 Å². The third-order valence-electron chi connectivity index (χ3n) is 4.19. The van der Waals surface area contributed by atoms with Gasteiger partial charge in [0.2, 0.25) is 0 Å². The Morgan fingerprint density at radius 3 is 2.48 bits per heavy atom. The van der Waals surface area contributed by atoms with Crippen LogP contribution < -0.4 is 15.0 Å². The minimum absolute atomic E-state index is 0.187. The quantitative estimate of drug-likeness (QED) is 0.528. The number of alkyl halides is 3. The monoisotopic (exact) mass is 456 g/mol. The van der Waals surface area contributed by atoms with Crippen molar-refractivity contribution >= 4 is 32.7 Å². The van der Waals surface area contributed by atoms with Gasteiger partial charge in [-0.2, -0.15) is 0 Å². The zero-order chi connectivity index (χ0) is 22.6. The van der Waals surface area contributed by atoms with E-state index in [4.69, 9.17) is 0 Å². The molecule has 1 N–H and O–H groups in total. The van der Waals surface area contributed by atoms with Crippen molar-refractivity contribution in [2.75, 3.05) is 32.1 Å². The highest BCUT2D eigenvalue weighted by Crippen LogP contribution is 2.33. The molecule has 0 saturated heterocycles. The van der Waals surface area contributed by atoms with Gasteiger partial charge in [-0.3, -0.25) is 4.90 Å². The number of hydrogen-bond acceptors (Lipinski definition) is 5. The van der Waals surface area contributed by atoms with Crippen molar-refractivity contribution in [1.82, 2.24) is 15.2 Å². The Morgan fingerprint density at radius 2 is 1.84 bits per heavy atom. The number of aromatic nitrogens is 1. The van der Waals surface area contributed by atoms with Crippen molar-refractivity contribution in [2.45, 2.75) is 12.9 Å². The SMILES string of the molecule is CN(C)CCN(C(=O)NCc1ccc(F)cc1)c1nc2ccc(OC(F)(F)F)cc2s1. The van der Waals surface area contributed by atoms with Crippen LogP contribution in [0.4, 0.5) is 27.5 Å². The van der Waals surface area contributed by atoms with Crippen molar-refractivity contribution in [3.05, 3.63) is 53.8 Å². The number of nitrogens with one attached hydrogen (secondary N) is 1. The Labute approximate surface area is 180 Å². The van der Waals surface area contributed by atoms with E-state index < -0.39 is 12.4 Å². The van der Waals surface area contributed by atoms with Gasteiger partial charge in [-0.25, -0.2) is 14.2 Å². The summed E-state index contributed by atoms with van der Waals surface area (Å²) in [7, 11) is 3.71. The average molecular weight is 456 g/mol. The maximum Gasteiger partial charge on any atom is 0.573 e. The van der Waals surface area contributed by atoms with Gasteiger partial charge in [-0.15, -0.1) is 13.2 Å². The van der Waals surface area contributed by atoms with Crippen molar-refractivity contribution < 1.29 is 27.1 Å². The van der Waals surface area contributed by atoms with Crippen molar-refractivity contribution in [1.29, 1.82) is 0 Å². The number of halogens is 4. The minimum Gasteiger partial charge on any atom is -0.406 e. The molecule has 2 amide bonds.